The summed E-state index contributed by atoms with van der Waals surface area (Å²) in [6, 6.07) is 10.4. The molecule has 0 bridgehead atoms. The summed E-state index contributed by atoms with van der Waals surface area (Å²) in [5.41, 5.74) is 4.30. The van der Waals surface area contributed by atoms with Gasteiger partial charge in [-0.1, -0.05) is 49.6 Å². The molecule has 28 heavy (non-hydrogen) atoms. The Bertz CT molecular complexity index is 770. The maximum absolute atomic E-state index is 12.6. The number of nitrogens with one attached hydrogen (secondary N) is 2. The predicted octanol–water partition coefficient (Wildman–Crippen LogP) is 6.24. The first-order chi connectivity index (χ1) is 13.5. The second-order valence-corrected chi connectivity index (χ2v) is 8.58. The molecule has 2 rings (SSSR count). The third-order valence-electron chi connectivity index (χ3n) is 4.66. The molecule has 1 atom stereocenters. The highest BCUT2D eigenvalue weighted by Gasteiger charge is 2.16. The van der Waals surface area contributed by atoms with E-state index in [1.165, 1.54) is 11.1 Å². The minimum absolute atomic E-state index is 0.176. The molecule has 0 saturated carbocycles. The first-order valence-corrected chi connectivity index (χ1v) is 12.1. The maximum atomic E-state index is 12.6. The number of anilines is 1. The van der Waals surface area contributed by atoms with Crippen LogP contribution >= 0.6 is 23.5 Å². The standard InChI is InChI=1S/C22H31N3OS2/c1-6-7-10-18(17-11-8-9-15(2)12-17)14-23-22(26)25-20-19(27-4)13-16(3)24-21(20)28-5/h8-9,11-13,18H,6-7,10,14H2,1-5H3,(H2,23,25,26). The van der Waals surface area contributed by atoms with Crippen LogP contribution in [0.2, 0.25) is 0 Å². The molecule has 0 radical (unpaired) electrons. The Morgan fingerprint density at radius 1 is 1.18 bits per heavy atom. The Kier molecular flexibility index (Phi) is 9.19. The summed E-state index contributed by atoms with van der Waals surface area (Å²) in [7, 11) is 0. The van der Waals surface area contributed by atoms with Crippen LogP contribution in [0.25, 0.3) is 0 Å². The molecule has 1 aromatic heterocycles. The van der Waals surface area contributed by atoms with E-state index < -0.39 is 0 Å². The van der Waals surface area contributed by atoms with E-state index in [-0.39, 0.29) is 6.03 Å². The van der Waals surface area contributed by atoms with Crippen molar-refractivity contribution in [3.05, 3.63) is 47.2 Å². The van der Waals surface area contributed by atoms with Gasteiger partial charge in [0.05, 0.1) is 5.69 Å². The van der Waals surface area contributed by atoms with Crippen molar-refractivity contribution in [3.8, 4) is 0 Å². The molecule has 1 heterocycles. The van der Waals surface area contributed by atoms with Crippen LogP contribution in [0.1, 0.15) is 48.9 Å². The lowest BCUT2D eigenvalue weighted by atomic mass is 9.92. The minimum Gasteiger partial charge on any atom is -0.337 e. The van der Waals surface area contributed by atoms with Gasteiger partial charge in [-0.3, -0.25) is 0 Å². The molecule has 1 unspecified atom stereocenters. The molecule has 2 amide bonds. The number of pyridine rings is 1. The van der Waals surface area contributed by atoms with Gasteiger partial charge in [0.25, 0.3) is 0 Å². The van der Waals surface area contributed by atoms with Crippen LogP contribution in [0.15, 0.2) is 40.3 Å². The molecule has 0 aliphatic heterocycles. The quantitative estimate of drug-likeness (QED) is 0.474. The normalized spacial score (nSPS) is 11.9. The lowest BCUT2D eigenvalue weighted by Gasteiger charge is -2.20. The van der Waals surface area contributed by atoms with E-state index in [9.17, 15) is 4.79 Å². The van der Waals surface area contributed by atoms with Crippen LogP contribution in [0.3, 0.4) is 0 Å². The second-order valence-electron chi connectivity index (χ2n) is 6.94. The number of carbonyl (C=O) groups excluding carboxylic acids is 1. The summed E-state index contributed by atoms with van der Waals surface area (Å²) < 4.78 is 0. The van der Waals surface area contributed by atoms with Crippen LogP contribution < -0.4 is 10.6 Å². The fourth-order valence-electron chi connectivity index (χ4n) is 3.17. The molecule has 0 fully saturated rings. The summed E-state index contributed by atoms with van der Waals surface area (Å²) in [5, 5.41) is 6.96. The SMILES string of the molecule is CCCCC(CNC(=O)Nc1c(SC)cc(C)nc1SC)c1cccc(C)c1. The number of thioether (sulfide) groups is 2. The van der Waals surface area contributed by atoms with Crippen molar-refractivity contribution in [2.75, 3.05) is 24.4 Å². The van der Waals surface area contributed by atoms with Crippen molar-refractivity contribution in [1.82, 2.24) is 10.3 Å². The van der Waals surface area contributed by atoms with Gasteiger partial charge in [0.1, 0.15) is 5.03 Å². The van der Waals surface area contributed by atoms with Crippen molar-refractivity contribution in [2.24, 2.45) is 0 Å². The number of aryl methyl sites for hydroxylation is 2. The molecular weight excluding hydrogens is 386 g/mol. The van der Waals surface area contributed by atoms with Gasteiger partial charge in [-0.15, -0.1) is 23.5 Å². The largest absolute Gasteiger partial charge is 0.337 e. The number of unbranched alkanes of at least 4 members (excludes halogenated alkanes) is 1. The number of nitrogens with zero attached hydrogens (tertiary/aromatic N) is 1. The van der Waals surface area contributed by atoms with E-state index in [0.717, 1.165) is 40.6 Å². The molecule has 1 aromatic carbocycles. The van der Waals surface area contributed by atoms with Crippen LogP contribution in [-0.2, 0) is 0 Å². The van der Waals surface area contributed by atoms with Crippen LogP contribution in [0.5, 0.6) is 0 Å². The zero-order valence-electron chi connectivity index (χ0n) is 17.5. The number of carbonyl (C=O) groups is 1. The van der Waals surface area contributed by atoms with Crippen LogP contribution in [-0.4, -0.2) is 30.1 Å². The van der Waals surface area contributed by atoms with Crippen molar-refractivity contribution in [3.63, 3.8) is 0 Å². The Balaban J connectivity index is 2.09. The molecule has 0 saturated heterocycles. The molecule has 0 aliphatic carbocycles. The van der Waals surface area contributed by atoms with E-state index in [2.05, 4.69) is 53.7 Å². The Hall–Kier alpha value is -1.66. The lowest BCUT2D eigenvalue weighted by molar-refractivity contribution is 0.251. The van der Waals surface area contributed by atoms with Crippen LogP contribution in [0.4, 0.5) is 10.5 Å². The first-order valence-electron chi connectivity index (χ1n) is 9.69. The number of aromatic nitrogens is 1. The molecule has 0 aliphatic rings. The van der Waals surface area contributed by atoms with Gasteiger partial charge in [-0.05, 0) is 44.4 Å². The fraction of sp³-hybridized carbons (Fsp3) is 0.455. The van der Waals surface area contributed by atoms with Crippen molar-refractivity contribution >= 4 is 35.2 Å². The topological polar surface area (TPSA) is 54.0 Å². The summed E-state index contributed by atoms with van der Waals surface area (Å²) in [4.78, 5) is 18.2. The monoisotopic (exact) mass is 417 g/mol. The molecule has 2 N–H and O–H groups in total. The minimum atomic E-state index is -0.176. The molecule has 0 spiro atoms. The summed E-state index contributed by atoms with van der Waals surface area (Å²) in [5.74, 6) is 0.321. The molecule has 4 nitrogen and oxygen atoms in total. The highest BCUT2D eigenvalue weighted by Crippen LogP contribution is 2.33. The zero-order valence-corrected chi connectivity index (χ0v) is 19.1. The molecule has 2 aromatic rings. The number of rotatable bonds is 9. The summed E-state index contributed by atoms with van der Waals surface area (Å²) >= 11 is 3.17. The lowest BCUT2D eigenvalue weighted by Crippen LogP contribution is -2.33. The van der Waals surface area contributed by atoms with E-state index in [1.54, 1.807) is 23.5 Å². The number of benzene rings is 1. The molecule has 152 valence electrons. The van der Waals surface area contributed by atoms with Crippen LogP contribution in [0, 0.1) is 13.8 Å². The smallest absolute Gasteiger partial charge is 0.319 e. The summed E-state index contributed by atoms with van der Waals surface area (Å²) in [6.45, 7) is 6.91. The Morgan fingerprint density at radius 3 is 2.61 bits per heavy atom. The number of urea groups is 1. The maximum Gasteiger partial charge on any atom is 0.319 e. The van der Waals surface area contributed by atoms with Gasteiger partial charge in [0.2, 0.25) is 0 Å². The predicted molar refractivity (Wildman–Crippen MR) is 123 cm³/mol. The van der Waals surface area contributed by atoms with E-state index in [1.807, 2.05) is 25.5 Å². The van der Waals surface area contributed by atoms with Gasteiger partial charge in [-0.2, -0.15) is 0 Å². The second kappa shape index (κ2) is 11.4. The van der Waals surface area contributed by atoms with Gasteiger partial charge < -0.3 is 10.6 Å². The number of hydrogen-bond donors (Lipinski definition) is 2. The molecular formula is C22H31N3OS2. The third kappa shape index (κ3) is 6.45. The average Bonchev–Trinajstić information content (AvgIpc) is 2.68. The van der Waals surface area contributed by atoms with Gasteiger partial charge >= 0.3 is 6.03 Å². The number of hydrogen-bond acceptors (Lipinski definition) is 4. The van der Waals surface area contributed by atoms with Gasteiger partial charge in [0, 0.05) is 23.1 Å². The molecule has 6 heteroatoms. The zero-order chi connectivity index (χ0) is 20.5. The van der Waals surface area contributed by atoms with E-state index in [4.69, 9.17) is 0 Å². The Labute approximate surface area is 177 Å². The summed E-state index contributed by atoms with van der Waals surface area (Å²) in [6.07, 6.45) is 7.36. The van der Waals surface area contributed by atoms with E-state index >= 15 is 0 Å². The average molecular weight is 418 g/mol. The van der Waals surface area contributed by atoms with Crippen molar-refractivity contribution in [2.45, 2.75) is 55.9 Å². The number of amides is 2. The van der Waals surface area contributed by atoms with E-state index in [0.29, 0.717) is 12.5 Å². The van der Waals surface area contributed by atoms with Crippen molar-refractivity contribution < 1.29 is 4.79 Å². The third-order valence-corrected chi connectivity index (χ3v) is 6.10. The van der Waals surface area contributed by atoms with Crippen molar-refractivity contribution in [1.29, 1.82) is 0 Å². The first kappa shape index (κ1) is 22.6. The highest BCUT2D eigenvalue weighted by molar-refractivity contribution is 7.99. The Morgan fingerprint density at radius 2 is 1.96 bits per heavy atom. The highest BCUT2D eigenvalue weighted by atomic mass is 32.2. The van der Waals surface area contributed by atoms with Gasteiger partial charge in [0.15, 0.2) is 0 Å². The fourth-order valence-corrected chi connectivity index (χ4v) is 4.48. The van der Waals surface area contributed by atoms with Gasteiger partial charge in [-0.25, -0.2) is 9.78 Å².